The SMILES string of the molecule is CCC(C)C1N=C(OC)C(C(C)C)N=C1OC. The molecule has 0 saturated carbocycles. The average molecular weight is 240 g/mol. The molecule has 0 aliphatic carbocycles. The van der Waals surface area contributed by atoms with E-state index in [-0.39, 0.29) is 12.1 Å². The highest BCUT2D eigenvalue weighted by molar-refractivity contribution is 5.94. The van der Waals surface area contributed by atoms with Crippen LogP contribution in [0.4, 0.5) is 0 Å². The number of hydrogen-bond donors (Lipinski definition) is 0. The molecule has 0 aromatic rings. The molecular weight excluding hydrogens is 216 g/mol. The van der Waals surface area contributed by atoms with Gasteiger partial charge in [-0.25, -0.2) is 9.98 Å². The fourth-order valence-electron chi connectivity index (χ4n) is 1.91. The highest BCUT2D eigenvalue weighted by Gasteiger charge is 2.33. The van der Waals surface area contributed by atoms with Gasteiger partial charge in [0, 0.05) is 0 Å². The van der Waals surface area contributed by atoms with Crippen LogP contribution in [-0.2, 0) is 9.47 Å². The molecule has 0 radical (unpaired) electrons. The molecule has 0 amide bonds. The zero-order valence-corrected chi connectivity index (χ0v) is 11.7. The molecule has 4 nitrogen and oxygen atoms in total. The van der Waals surface area contributed by atoms with Crippen LogP contribution >= 0.6 is 0 Å². The Morgan fingerprint density at radius 2 is 1.47 bits per heavy atom. The van der Waals surface area contributed by atoms with Crippen molar-refractivity contribution in [2.24, 2.45) is 21.8 Å². The van der Waals surface area contributed by atoms with E-state index in [2.05, 4.69) is 37.7 Å². The van der Waals surface area contributed by atoms with Crippen LogP contribution in [0.1, 0.15) is 34.1 Å². The first-order valence-electron chi connectivity index (χ1n) is 6.28. The van der Waals surface area contributed by atoms with E-state index >= 15 is 0 Å². The summed E-state index contributed by atoms with van der Waals surface area (Å²) in [4.78, 5) is 9.31. The van der Waals surface area contributed by atoms with Crippen molar-refractivity contribution in [1.29, 1.82) is 0 Å². The van der Waals surface area contributed by atoms with Gasteiger partial charge in [0.1, 0.15) is 12.1 Å². The van der Waals surface area contributed by atoms with Crippen LogP contribution in [0, 0.1) is 11.8 Å². The number of nitrogens with zero attached hydrogens (tertiary/aromatic N) is 2. The molecule has 17 heavy (non-hydrogen) atoms. The van der Waals surface area contributed by atoms with Gasteiger partial charge in [0.15, 0.2) is 0 Å². The smallest absolute Gasteiger partial charge is 0.209 e. The predicted molar refractivity (Wildman–Crippen MR) is 70.8 cm³/mol. The van der Waals surface area contributed by atoms with Crippen molar-refractivity contribution < 1.29 is 9.47 Å². The molecule has 0 saturated heterocycles. The van der Waals surface area contributed by atoms with Crippen LogP contribution in [-0.4, -0.2) is 38.1 Å². The second kappa shape index (κ2) is 6.03. The summed E-state index contributed by atoms with van der Waals surface area (Å²) in [5, 5.41) is 0. The summed E-state index contributed by atoms with van der Waals surface area (Å²) in [7, 11) is 3.33. The van der Waals surface area contributed by atoms with Crippen LogP contribution < -0.4 is 0 Å². The maximum Gasteiger partial charge on any atom is 0.209 e. The van der Waals surface area contributed by atoms with E-state index < -0.39 is 0 Å². The first kappa shape index (κ1) is 14.0. The summed E-state index contributed by atoms with van der Waals surface area (Å²) in [6.45, 7) is 8.53. The van der Waals surface area contributed by atoms with Gasteiger partial charge >= 0.3 is 0 Å². The third kappa shape index (κ3) is 2.99. The first-order chi connectivity index (χ1) is 8.04. The van der Waals surface area contributed by atoms with E-state index in [0.717, 1.165) is 18.2 Å². The molecule has 0 aromatic heterocycles. The van der Waals surface area contributed by atoms with Crippen molar-refractivity contribution in [3.63, 3.8) is 0 Å². The third-order valence-electron chi connectivity index (χ3n) is 3.27. The number of hydrogen-bond acceptors (Lipinski definition) is 4. The number of methoxy groups -OCH3 is 2. The number of rotatable bonds is 3. The summed E-state index contributed by atoms with van der Waals surface area (Å²) >= 11 is 0. The van der Waals surface area contributed by atoms with Gasteiger partial charge in [-0.05, 0) is 11.8 Å². The highest BCUT2D eigenvalue weighted by atomic mass is 16.5. The Balaban J connectivity index is 3.02. The zero-order valence-electron chi connectivity index (χ0n) is 11.7. The Labute approximate surface area is 104 Å². The predicted octanol–water partition coefficient (Wildman–Crippen LogP) is 2.53. The van der Waals surface area contributed by atoms with E-state index in [1.807, 2.05) is 0 Å². The average Bonchev–Trinajstić information content (AvgIpc) is 2.35. The molecule has 1 heterocycles. The lowest BCUT2D eigenvalue weighted by Gasteiger charge is -2.29. The fraction of sp³-hybridized carbons (Fsp3) is 0.846. The second-order valence-corrected chi connectivity index (χ2v) is 4.86. The van der Waals surface area contributed by atoms with Gasteiger partial charge in [-0.2, -0.15) is 0 Å². The van der Waals surface area contributed by atoms with Crippen molar-refractivity contribution >= 4 is 11.8 Å². The molecule has 3 unspecified atom stereocenters. The van der Waals surface area contributed by atoms with Crippen molar-refractivity contribution in [2.45, 2.75) is 46.2 Å². The van der Waals surface area contributed by atoms with Crippen LogP contribution in [0.25, 0.3) is 0 Å². The van der Waals surface area contributed by atoms with E-state index in [0.29, 0.717) is 11.8 Å². The number of aliphatic imine (C=N–C) groups is 2. The van der Waals surface area contributed by atoms with Gasteiger partial charge in [-0.15, -0.1) is 0 Å². The molecule has 4 heteroatoms. The molecule has 0 N–H and O–H groups in total. The topological polar surface area (TPSA) is 43.2 Å². The van der Waals surface area contributed by atoms with Gasteiger partial charge in [-0.3, -0.25) is 0 Å². The van der Waals surface area contributed by atoms with Crippen LogP contribution in [0.5, 0.6) is 0 Å². The Kier molecular flexibility index (Phi) is 4.97. The summed E-state index contributed by atoms with van der Waals surface area (Å²) < 4.78 is 10.8. The van der Waals surface area contributed by atoms with E-state index in [9.17, 15) is 0 Å². The molecule has 1 rings (SSSR count). The maximum atomic E-state index is 5.39. The molecule has 0 fully saturated rings. The first-order valence-corrected chi connectivity index (χ1v) is 6.28. The summed E-state index contributed by atoms with van der Waals surface area (Å²) in [5.74, 6) is 2.23. The highest BCUT2D eigenvalue weighted by Crippen LogP contribution is 2.22. The van der Waals surface area contributed by atoms with Crippen molar-refractivity contribution in [3.05, 3.63) is 0 Å². The third-order valence-corrected chi connectivity index (χ3v) is 3.27. The lowest BCUT2D eigenvalue weighted by molar-refractivity contribution is 0.316. The monoisotopic (exact) mass is 240 g/mol. The lowest BCUT2D eigenvalue weighted by atomic mass is 9.96. The Morgan fingerprint density at radius 3 is 1.88 bits per heavy atom. The second-order valence-electron chi connectivity index (χ2n) is 4.86. The normalized spacial score (nSPS) is 26.3. The van der Waals surface area contributed by atoms with Gasteiger partial charge in [0.25, 0.3) is 0 Å². The zero-order chi connectivity index (χ0) is 13.0. The van der Waals surface area contributed by atoms with Gasteiger partial charge in [-0.1, -0.05) is 34.1 Å². The molecule has 1 aliphatic heterocycles. The molecular formula is C13H24N2O2. The molecule has 0 aromatic carbocycles. The molecule has 0 bridgehead atoms. The fourth-order valence-corrected chi connectivity index (χ4v) is 1.91. The summed E-state index contributed by atoms with van der Waals surface area (Å²) in [6, 6.07) is -0.0230. The largest absolute Gasteiger partial charge is 0.483 e. The minimum absolute atomic E-state index is 0.00468. The molecule has 0 spiro atoms. The van der Waals surface area contributed by atoms with E-state index in [1.165, 1.54) is 0 Å². The Bertz CT molecular complexity index is 311. The molecule has 1 aliphatic rings. The Morgan fingerprint density at radius 1 is 1.00 bits per heavy atom. The maximum absolute atomic E-state index is 5.39. The van der Waals surface area contributed by atoms with Gasteiger partial charge in [0.05, 0.1) is 14.2 Å². The minimum atomic E-state index is -0.0183. The van der Waals surface area contributed by atoms with Crippen LogP contribution in [0.3, 0.4) is 0 Å². The van der Waals surface area contributed by atoms with Crippen molar-refractivity contribution in [2.75, 3.05) is 14.2 Å². The van der Waals surface area contributed by atoms with Gasteiger partial charge in [0.2, 0.25) is 11.8 Å². The van der Waals surface area contributed by atoms with Crippen LogP contribution in [0.15, 0.2) is 9.98 Å². The van der Waals surface area contributed by atoms with Crippen molar-refractivity contribution in [3.8, 4) is 0 Å². The molecule has 3 atom stereocenters. The van der Waals surface area contributed by atoms with Gasteiger partial charge < -0.3 is 9.47 Å². The quantitative estimate of drug-likeness (QED) is 0.760. The standard InChI is InChI=1S/C13H24N2O2/c1-7-9(4)11-13(17-6)14-10(8(2)3)12(15-11)16-5/h8-11H,7H2,1-6H3. The summed E-state index contributed by atoms with van der Waals surface area (Å²) in [5.41, 5.74) is 0. The van der Waals surface area contributed by atoms with E-state index in [1.54, 1.807) is 14.2 Å². The lowest BCUT2D eigenvalue weighted by Crippen LogP contribution is -2.40. The molecule has 98 valence electrons. The van der Waals surface area contributed by atoms with E-state index in [4.69, 9.17) is 9.47 Å². The minimum Gasteiger partial charge on any atom is -0.483 e. The summed E-state index contributed by atoms with van der Waals surface area (Å²) in [6.07, 6.45) is 1.04. The van der Waals surface area contributed by atoms with Crippen molar-refractivity contribution in [1.82, 2.24) is 0 Å². The Hall–Kier alpha value is -1.06. The van der Waals surface area contributed by atoms with Crippen LogP contribution in [0.2, 0.25) is 0 Å². The number of ether oxygens (including phenoxy) is 2.